The number of nitrogens with zero attached hydrogens (tertiary/aromatic N) is 1. The summed E-state index contributed by atoms with van der Waals surface area (Å²) in [6.45, 7) is 0.415. The summed E-state index contributed by atoms with van der Waals surface area (Å²) >= 11 is 0. The fraction of sp³-hybridized carbons (Fsp3) is 0.0952. The average molecular weight is 375 g/mol. The number of amides is 2. The lowest BCUT2D eigenvalue weighted by Gasteiger charge is -2.17. The Balaban J connectivity index is 1.38. The summed E-state index contributed by atoms with van der Waals surface area (Å²) in [4.78, 5) is 28.0. The predicted octanol–water partition coefficient (Wildman–Crippen LogP) is 3.24. The molecule has 0 atom stereocenters. The van der Waals surface area contributed by atoms with Crippen LogP contribution in [0.25, 0.3) is 0 Å². The van der Waals surface area contributed by atoms with Crippen molar-refractivity contribution in [3.63, 3.8) is 0 Å². The highest BCUT2D eigenvalue weighted by molar-refractivity contribution is 6.04. The Morgan fingerprint density at radius 1 is 1.07 bits per heavy atom. The van der Waals surface area contributed by atoms with Crippen molar-refractivity contribution in [3.05, 3.63) is 77.9 Å². The van der Waals surface area contributed by atoms with Gasteiger partial charge in [-0.15, -0.1) is 0 Å². The smallest absolute Gasteiger partial charge is 0.263 e. The lowest BCUT2D eigenvalue weighted by molar-refractivity contribution is -0.118. The second-order valence-electron chi connectivity index (χ2n) is 6.13. The Kier molecular flexibility index (Phi) is 4.88. The van der Waals surface area contributed by atoms with Crippen LogP contribution in [0.15, 0.2) is 66.7 Å². The van der Waals surface area contributed by atoms with Crippen molar-refractivity contribution >= 4 is 23.5 Å². The van der Waals surface area contributed by atoms with Crippen LogP contribution >= 0.6 is 0 Å². The molecule has 28 heavy (non-hydrogen) atoms. The molecule has 0 spiro atoms. The van der Waals surface area contributed by atoms with E-state index in [0.29, 0.717) is 35.3 Å². The lowest BCUT2D eigenvalue weighted by atomic mass is 10.2. The molecule has 2 amide bonds. The molecule has 0 saturated carbocycles. The number of anilines is 2. The summed E-state index contributed by atoms with van der Waals surface area (Å²) in [5, 5.41) is 5.31. The molecule has 2 N–H and O–H groups in total. The molecular weight excluding hydrogens is 358 g/mol. The first-order valence-corrected chi connectivity index (χ1v) is 8.69. The zero-order valence-electron chi connectivity index (χ0n) is 14.8. The maximum absolute atomic E-state index is 12.4. The summed E-state index contributed by atoms with van der Waals surface area (Å²) in [5.41, 5.74) is 1.53. The molecule has 7 heteroatoms. The maximum atomic E-state index is 12.4. The molecule has 0 bridgehead atoms. The van der Waals surface area contributed by atoms with Gasteiger partial charge in [-0.2, -0.15) is 0 Å². The quantitative estimate of drug-likeness (QED) is 0.715. The van der Waals surface area contributed by atoms with E-state index in [0.717, 1.165) is 5.56 Å². The molecule has 0 radical (unpaired) electrons. The van der Waals surface area contributed by atoms with Crippen LogP contribution in [-0.4, -0.2) is 23.4 Å². The third-order valence-corrected chi connectivity index (χ3v) is 4.08. The van der Waals surface area contributed by atoms with Crippen molar-refractivity contribution in [1.29, 1.82) is 0 Å². The van der Waals surface area contributed by atoms with Crippen molar-refractivity contribution in [3.8, 4) is 11.5 Å². The minimum absolute atomic E-state index is 0.0426. The normalized spacial score (nSPS) is 12.4. The van der Waals surface area contributed by atoms with Crippen LogP contribution in [0.5, 0.6) is 11.5 Å². The fourth-order valence-electron chi connectivity index (χ4n) is 2.67. The number of hydrogen-bond acceptors (Lipinski definition) is 5. The van der Waals surface area contributed by atoms with E-state index in [-0.39, 0.29) is 18.4 Å². The molecule has 1 aliphatic heterocycles. The van der Waals surface area contributed by atoms with Crippen LogP contribution in [0.4, 0.5) is 11.6 Å². The van der Waals surface area contributed by atoms with E-state index in [1.165, 1.54) is 0 Å². The summed E-state index contributed by atoms with van der Waals surface area (Å²) in [6.07, 6.45) is 0. The number of fused-ring (bicyclic) bond motifs is 1. The minimum Gasteiger partial charge on any atom is -0.489 e. The highest BCUT2D eigenvalue weighted by atomic mass is 16.5. The van der Waals surface area contributed by atoms with E-state index in [1.807, 2.05) is 30.3 Å². The van der Waals surface area contributed by atoms with Crippen LogP contribution in [-0.2, 0) is 11.4 Å². The average Bonchev–Trinajstić information content (AvgIpc) is 2.73. The second-order valence-corrected chi connectivity index (χ2v) is 6.13. The van der Waals surface area contributed by atoms with Gasteiger partial charge in [-0.05, 0) is 42.0 Å². The number of carbonyl (C=O) groups is 2. The fourth-order valence-corrected chi connectivity index (χ4v) is 2.67. The molecule has 1 aliphatic rings. The van der Waals surface area contributed by atoms with Crippen molar-refractivity contribution in [1.82, 2.24) is 4.98 Å². The number of rotatable bonds is 5. The Morgan fingerprint density at radius 3 is 2.64 bits per heavy atom. The summed E-state index contributed by atoms with van der Waals surface area (Å²) in [7, 11) is 0. The van der Waals surface area contributed by atoms with Gasteiger partial charge >= 0.3 is 0 Å². The first-order valence-electron chi connectivity index (χ1n) is 8.69. The number of aromatic nitrogens is 1. The highest BCUT2D eigenvalue weighted by Gasteiger charge is 2.18. The van der Waals surface area contributed by atoms with E-state index in [1.54, 1.807) is 36.4 Å². The molecule has 3 aromatic rings. The molecule has 4 rings (SSSR count). The molecule has 1 aromatic heterocycles. The minimum atomic E-state index is -0.315. The Bertz CT molecular complexity index is 1000. The Morgan fingerprint density at radius 2 is 1.86 bits per heavy atom. The molecule has 0 unspecified atom stereocenters. The van der Waals surface area contributed by atoms with Crippen molar-refractivity contribution in [2.24, 2.45) is 0 Å². The van der Waals surface area contributed by atoms with E-state index in [4.69, 9.17) is 9.47 Å². The summed E-state index contributed by atoms with van der Waals surface area (Å²) in [5.74, 6) is 1.15. The van der Waals surface area contributed by atoms with Gasteiger partial charge < -0.3 is 20.1 Å². The first kappa shape index (κ1) is 17.5. The van der Waals surface area contributed by atoms with Gasteiger partial charge in [0.15, 0.2) is 18.2 Å². The molecular formula is C21H17N3O4. The van der Waals surface area contributed by atoms with Crippen LogP contribution in [0, 0.1) is 0 Å². The van der Waals surface area contributed by atoms with Gasteiger partial charge in [0.1, 0.15) is 18.2 Å². The Hall–Kier alpha value is -3.87. The van der Waals surface area contributed by atoms with Gasteiger partial charge in [0.2, 0.25) is 0 Å². The molecule has 140 valence electrons. The van der Waals surface area contributed by atoms with E-state index >= 15 is 0 Å². The third-order valence-electron chi connectivity index (χ3n) is 4.08. The van der Waals surface area contributed by atoms with Crippen LogP contribution < -0.4 is 20.1 Å². The van der Waals surface area contributed by atoms with Gasteiger partial charge in [-0.25, -0.2) is 4.98 Å². The van der Waals surface area contributed by atoms with E-state index < -0.39 is 0 Å². The van der Waals surface area contributed by atoms with Crippen LogP contribution in [0.2, 0.25) is 0 Å². The van der Waals surface area contributed by atoms with Crippen LogP contribution in [0.3, 0.4) is 0 Å². The standard InChI is InChI=1S/C21H17N3O4/c25-19-13-28-17-10-11-18(22-20(17)24-19)23-21(26)15-6-8-16(9-7-15)27-12-14-4-2-1-3-5-14/h1-11H,12-13H2,(H2,22,23,24,25,26). The van der Waals surface area contributed by atoms with E-state index in [2.05, 4.69) is 15.6 Å². The number of benzene rings is 2. The molecule has 0 fully saturated rings. The third kappa shape index (κ3) is 4.09. The van der Waals surface area contributed by atoms with Gasteiger partial charge in [-0.3, -0.25) is 9.59 Å². The topological polar surface area (TPSA) is 89.5 Å². The highest BCUT2D eigenvalue weighted by Crippen LogP contribution is 2.27. The summed E-state index contributed by atoms with van der Waals surface area (Å²) in [6, 6.07) is 20.0. The Labute approximate surface area is 161 Å². The van der Waals surface area contributed by atoms with Crippen molar-refractivity contribution in [2.75, 3.05) is 17.2 Å². The molecule has 2 heterocycles. The molecule has 0 aliphatic carbocycles. The second kappa shape index (κ2) is 7.79. The largest absolute Gasteiger partial charge is 0.489 e. The van der Waals surface area contributed by atoms with Gasteiger partial charge in [0, 0.05) is 5.56 Å². The zero-order valence-corrected chi connectivity index (χ0v) is 14.8. The van der Waals surface area contributed by atoms with E-state index in [9.17, 15) is 9.59 Å². The zero-order chi connectivity index (χ0) is 19.3. The van der Waals surface area contributed by atoms with Gasteiger partial charge in [0.25, 0.3) is 11.8 Å². The van der Waals surface area contributed by atoms with Crippen LogP contribution in [0.1, 0.15) is 15.9 Å². The lowest BCUT2D eigenvalue weighted by Crippen LogP contribution is -2.26. The SMILES string of the molecule is O=C1COc2ccc(NC(=O)c3ccc(OCc4ccccc4)cc3)nc2N1. The molecule has 2 aromatic carbocycles. The maximum Gasteiger partial charge on any atom is 0.263 e. The number of carbonyl (C=O) groups excluding carboxylic acids is 2. The number of hydrogen-bond donors (Lipinski definition) is 2. The number of nitrogens with one attached hydrogen (secondary N) is 2. The van der Waals surface area contributed by atoms with Gasteiger partial charge in [-0.1, -0.05) is 30.3 Å². The number of pyridine rings is 1. The number of ether oxygens (including phenoxy) is 2. The predicted molar refractivity (Wildman–Crippen MR) is 104 cm³/mol. The van der Waals surface area contributed by atoms with Crippen molar-refractivity contribution < 1.29 is 19.1 Å². The molecule has 7 nitrogen and oxygen atoms in total. The monoisotopic (exact) mass is 375 g/mol. The first-order chi connectivity index (χ1) is 13.7. The molecule has 0 saturated heterocycles. The van der Waals surface area contributed by atoms with Crippen molar-refractivity contribution in [2.45, 2.75) is 6.61 Å². The van der Waals surface area contributed by atoms with Gasteiger partial charge in [0.05, 0.1) is 0 Å². The summed E-state index contributed by atoms with van der Waals surface area (Å²) < 4.78 is 11.0.